The van der Waals surface area contributed by atoms with Crippen molar-refractivity contribution in [1.29, 1.82) is 0 Å². The molecule has 8 heteroatoms. The molecule has 0 bridgehead atoms. The van der Waals surface area contributed by atoms with Crippen molar-refractivity contribution in [2.75, 3.05) is 0 Å². The van der Waals surface area contributed by atoms with Crippen molar-refractivity contribution < 1.29 is 19.3 Å². The summed E-state index contributed by atoms with van der Waals surface area (Å²) in [5, 5.41) is 27.1. The Bertz CT molecular complexity index is 2050. The molecule has 0 aromatic heterocycles. The van der Waals surface area contributed by atoms with E-state index in [4.69, 9.17) is 9.47 Å². The molecule has 0 atom stereocenters. The predicted octanol–water partition coefficient (Wildman–Crippen LogP) is 10.7. The van der Waals surface area contributed by atoms with E-state index < -0.39 is 9.85 Å². The molecule has 0 unspecified atom stereocenters. The quantitative estimate of drug-likeness (QED) is 0.0971. The number of para-hydroxylation sites is 4. The maximum Gasteiger partial charge on any atom is 0.311 e. The number of fused-ring (bicyclic) bond motifs is 2. The lowest BCUT2D eigenvalue weighted by Crippen LogP contribution is -1.94. The van der Waals surface area contributed by atoms with Crippen LogP contribution in [0.25, 0.3) is 43.8 Å². The standard InChI is InChI=1S/C38H24N2O6/c41-39(42)33-13-5-7-15-35(33)45-27-21-17-25(18-22-27)37-29-9-1-2-10-30(29)38(32-12-4-3-11-31(32)37)26-19-23-28(24-20-26)46-36-16-8-6-14-34(36)40(43)44/h1-24H. The molecule has 0 radical (unpaired) electrons. The van der Waals surface area contributed by atoms with Crippen LogP contribution in [0.4, 0.5) is 11.4 Å². The van der Waals surface area contributed by atoms with Crippen LogP contribution in [0.2, 0.25) is 0 Å². The first-order chi connectivity index (χ1) is 22.5. The van der Waals surface area contributed by atoms with Crippen molar-refractivity contribution in [3.05, 3.63) is 166 Å². The summed E-state index contributed by atoms with van der Waals surface area (Å²) in [5.74, 6) is 1.34. The van der Waals surface area contributed by atoms with Crippen LogP contribution in [0.15, 0.2) is 146 Å². The van der Waals surface area contributed by atoms with Gasteiger partial charge in [0.2, 0.25) is 11.5 Å². The molecule has 7 aromatic rings. The molecule has 0 N–H and O–H groups in total. The van der Waals surface area contributed by atoms with Crippen molar-refractivity contribution in [2.45, 2.75) is 0 Å². The Balaban J connectivity index is 1.29. The second-order valence-corrected chi connectivity index (χ2v) is 10.5. The van der Waals surface area contributed by atoms with E-state index in [0.717, 1.165) is 43.8 Å². The minimum Gasteiger partial charge on any atom is -0.450 e. The Morgan fingerprint density at radius 3 is 1.02 bits per heavy atom. The van der Waals surface area contributed by atoms with E-state index in [-0.39, 0.29) is 22.9 Å². The van der Waals surface area contributed by atoms with Crippen LogP contribution in [-0.2, 0) is 0 Å². The fourth-order valence-corrected chi connectivity index (χ4v) is 5.77. The van der Waals surface area contributed by atoms with Crippen LogP contribution < -0.4 is 9.47 Å². The second kappa shape index (κ2) is 11.9. The minimum absolute atomic E-state index is 0.0971. The average molecular weight is 605 g/mol. The van der Waals surface area contributed by atoms with Gasteiger partial charge >= 0.3 is 11.4 Å². The van der Waals surface area contributed by atoms with Crippen molar-refractivity contribution in [3.63, 3.8) is 0 Å². The van der Waals surface area contributed by atoms with Crippen molar-refractivity contribution in [3.8, 4) is 45.3 Å². The summed E-state index contributed by atoms with van der Waals surface area (Å²) in [4.78, 5) is 22.0. The van der Waals surface area contributed by atoms with Crippen molar-refractivity contribution in [2.24, 2.45) is 0 Å². The lowest BCUT2D eigenvalue weighted by molar-refractivity contribution is -0.385. The molecule has 0 aliphatic rings. The van der Waals surface area contributed by atoms with Crippen LogP contribution in [0, 0.1) is 20.2 Å². The average Bonchev–Trinajstić information content (AvgIpc) is 3.08. The van der Waals surface area contributed by atoms with E-state index in [1.807, 2.05) is 72.8 Å². The Morgan fingerprint density at radius 1 is 0.391 bits per heavy atom. The minimum atomic E-state index is -0.459. The van der Waals surface area contributed by atoms with E-state index in [2.05, 4.69) is 24.3 Å². The number of ether oxygens (including phenoxy) is 2. The first kappa shape index (κ1) is 28.2. The smallest absolute Gasteiger partial charge is 0.311 e. The molecular weight excluding hydrogens is 580 g/mol. The fourth-order valence-electron chi connectivity index (χ4n) is 5.77. The van der Waals surface area contributed by atoms with Gasteiger partial charge in [-0.05, 0) is 80.2 Å². The Kier molecular flexibility index (Phi) is 7.28. The summed E-state index contributed by atoms with van der Waals surface area (Å²) >= 11 is 0. The molecule has 0 amide bonds. The normalized spacial score (nSPS) is 11.0. The van der Waals surface area contributed by atoms with Gasteiger partial charge in [0, 0.05) is 12.1 Å². The zero-order valence-electron chi connectivity index (χ0n) is 24.2. The maximum atomic E-state index is 11.5. The van der Waals surface area contributed by atoms with Gasteiger partial charge < -0.3 is 9.47 Å². The topological polar surface area (TPSA) is 105 Å². The highest BCUT2D eigenvalue weighted by Gasteiger charge is 2.19. The van der Waals surface area contributed by atoms with Crippen molar-refractivity contribution in [1.82, 2.24) is 0 Å². The van der Waals surface area contributed by atoms with E-state index in [9.17, 15) is 20.2 Å². The lowest BCUT2D eigenvalue weighted by atomic mass is 9.86. The zero-order chi connectivity index (χ0) is 31.6. The molecule has 7 aromatic carbocycles. The lowest BCUT2D eigenvalue weighted by Gasteiger charge is -2.18. The molecule has 0 saturated heterocycles. The highest BCUT2D eigenvalue weighted by Crippen LogP contribution is 2.44. The van der Waals surface area contributed by atoms with Crippen molar-refractivity contribution >= 4 is 32.9 Å². The van der Waals surface area contributed by atoms with Gasteiger partial charge in [0.1, 0.15) is 11.5 Å². The SMILES string of the molecule is O=[N+]([O-])c1ccccc1Oc1ccc(-c2c3ccccc3c(-c3ccc(Oc4ccccc4[N+](=O)[O-])cc3)c3ccccc23)cc1. The van der Waals surface area contributed by atoms with E-state index >= 15 is 0 Å². The van der Waals surface area contributed by atoms with Gasteiger partial charge in [0.25, 0.3) is 0 Å². The molecule has 7 rings (SSSR count). The monoisotopic (exact) mass is 604 g/mol. The van der Waals surface area contributed by atoms with Crippen LogP contribution >= 0.6 is 0 Å². The van der Waals surface area contributed by atoms with E-state index in [1.165, 1.54) is 12.1 Å². The summed E-state index contributed by atoms with van der Waals surface area (Å²) in [6, 6.07) is 44.2. The molecule has 0 spiro atoms. The number of benzene rings is 7. The summed E-state index contributed by atoms with van der Waals surface area (Å²) < 4.78 is 11.8. The third kappa shape index (κ3) is 5.24. The molecule has 222 valence electrons. The number of hydrogen-bond donors (Lipinski definition) is 0. The molecule has 0 heterocycles. The van der Waals surface area contributed by atoms with Gasteiger partial charge in [-0.25, -0.2) is 0 Å². The Labute approximate surface area is 263 Å². The fraction of sp³-hybridized carbons (Fsp3) is 0. The highest BCUT2D eigenvalue weighted by molar-refractivity contribution is 6.21. The molecule has 46 heavy (non-hydrogen) atoms. The molecule has 8 nitrogen and oxygen atoms in total. The molecule has 0 saturated carbocycles. The van der Waals surface area contributed by atoms with Crippen LogP contribution in [-0.4, -0.2) is 9.85 Å². The van der Waals surface area contributed by atoms with Crippen LogP contribution in [0.1, 0.15) is 0 Å². The van der Waals surface area contributed by atoms with E-state index in [1.54, 1.807) is 36.4 Å². The largest absolute Gasteiger partial charge is 0.450 e. The molecular formula is C38H24N2O6. The third-order valence-electron chi connectivity index (χ3n) is 7.80. The number of nitro groups is 2. The number of hydrogen-bond acceptors (Lipinski definition) is 6. The van der Waals surface area contributed by atoms with Gasteiger partial charge in [-0.1, -0.05) is 97.1 Å². The van der Waals surface area contributed by atoms with Gasteiger partial charge in [-0.2, -0.15) is 0 Å². The molecule has 0 fully saturated rings. The third-order valence-corrected chi connectivity index (χ3v) is 7.80. The van der Waals surface area contributed by atoms with Gasteiger partial charge in [-0.15, -0.1) is 0 Å². The van der Waals surface area contributed by atoms with Gasteiger partial charge in [0.15, 0.2) is 0 Å². The highest BCUT2D eigenvalue weighted by atomic mass is 16.6. The number of rotatable bonds is 8. The van der Waals surface area contributed by atoms with Gasteiger partial charge in [0.05, 0.1) is 9.85 Å². The summed E-state index contributed by atoms with van der Waals surface area (Å²) in [6.45, 7) is 0. The molecule has 0 aliphatic carbocycles. The Hall–Kier alpha value is -6.54. The number of nitro benzene ring substituents is 2. The first-order valence-electron chi connectivity index (χ1n) is 14.4. The Morgan fingerprint density at radius 2 is 0.696 bits per heavy atom. The zero-order valence-corrected chi connectivity index (χ0v) is 24.2. The maximum absolute atomic E-state index is 11.5. The number of nitrogens with zero attached hydrogens (tertiary/aromatic N) is 2. The summed E-state index contributed by atoms with van der Waals surface area (Å²) in [7, 11) is 0. The summed E-state index contributed by atoms with van der Waals surface area (Å²) in [5.41, 5.74) is 3.87. The second-order valence-electron chi connectivity index (χ2n) is 10.5. The van der Waals surface area contributed by atoms with E-state index in [0.29, 0.717) is 11.5 Å². The first-order valence-corrected chi connectivity index (χ1v) is 14.4. The molecule has 0 aliphatic heterocycles. The predicted molar refractivity (Wildman–Crippen MR) is 179 cm³/mol. The van der Waals surface area contributed by atoms with Crippen LogP contribution in [0.3, 0.4) is 0 Å². The van der Waals surface area contributed by atoms with Gasteiger partial charge in [-0.3, -0.25) is 20.2 Å². The van der Waals surface area contributed by atoms with Crippen LogP contribution in [0.5, 0.6) is 23.0 Å². The summed E-state index contributed by atoms with van der Waals surface area (Å²) in [6.07, 6.45) is 0.